The third-order valence-corrected chi connectivity index (χ3v) is 4.89. The predicted octanol–water partition coefficient (Wildman–Crippen LogP) is 3.82. The monoisotopic (exact) mass is 366 g/mol. The Kier molecular flexibility index (Phi) is 6.24. The summed E-state index contributed by atoms with van der Waals surface area (Å²) in [4.78, 5) is 26.2. The molecule has 3 rings (SSSR count). The Morgan fingerprint density at radius 1 is 1.11 bits per heavy atom. The number of amides is 2. The van der Waals surface area contributed by atoms with E-state index in [9.17, 15) is 9.59 Å². The van der Waals surface area contributed by atoms with Gasteiger partial charge in [-0.2, -0.15) is 0 Å². The Morgan fingerprint density at radius 3 is 2.44 bits per heavy atom. The molecule has 2 amide bonds. The van der Waals surface area contributed by atoms with E-state index in [0.717, 1.165) is 11.4 Å². The maximum atomic E-state index is 12.5. The van der Waals surface area contributed by atoms with Crippen LogP contribution >= 0.6 is 0 Å². The predicted molar refractivity (Wildman–Crippen MR) is 107 cm³/mol. The molecule has 1 heterocycles. The SMILES string of the molecule is CC(C)C(CC(=O)Nc1ccc(N2CCOCC2=O)cc1)c1ccccc1. The second kappa shape index (κ2) is 8.82. The lowest BCUT2D eigenvalue weighted by Crippen LogP contribution is -2.41. The van der Waals surface area contributed by atoms with E-state index in [2.05, 4.69) is 31.3 Å². The number of carbonyl (C=O) groups excluding carboxylic acids is 2. The highest BCUT2D eigenvalue weighted by molar-refractivity contribution is 5.95. The van der Waals surface area contributed by atoms with Crippen molar-refractivity contribution in [1.82, 2.24) is 0 Å². The molecule has 27 heavy (non-hydrogen) atoms. The summed E-state index contributed by atoms with van der Waals surface area (Å²) in [7, 11) is 0. The molecule has 0 radical (unpaired) electrons. The number of hydrogen-bond acceptors (Lipinski definition) is 3. The molecule has 5 heteroatoms. The molecular weight excluding hydrogens is 340 g/mol. The van der Waals surface area contributed by atoms with Crippen LogP contribution in [-0.4, -0.2) is 31.6 Å². The van der Waals surface area contributed by atoms with Crippen LogP contribution in [0.2, 0.25) is 0 Å². The molecule has 2 aromatic carbocycles. The van der Waals surface area contributed by atoms with Crippen LogP contribution in [0.4, 0.5) is 11.4 Å². The van der Waals surface area contributed by atoms with Crippen molar-refractivity contribution in [3.63, 3.8) is 0 Å². The van der Waals surface area contributed by atoms with E-state index >= 15 is 0 Å². The summed E-state index contributed by atoms with van der Waals surface area (Å²) >= 11 is 0. The molecule has 2 aromatic rings. The van der Waals surface area contributed by atoms with Crippen LogP contribution in [0.15, 0.2) is 54.6 Å². The van der Waals surface area contributed by atoms with Crippen molar-refractivity contribution in [2.45, 2.75) is 26.2 Å². The van der Waals surface area contributed by atoms with Gasteiger partial charge < -0.3 is 15.0 Å². The van der Waals surface area contributed by atoms with Crippen molar-refractivity contribution in [2.75, 3.05) is 30.0 Å². The zero-order chi connectivity index (χ0) is 19.2. The number of anilines is 2. The number of rotatable bonds is 6. The minimum absolute atomic E-state index is 0.00671. The molecule has 5 nitrogen and oxygen atoms in total. The lowest BCUT2D eigenvalue weighted by Gasteiger charge is -2.27. The minimum atomic E-state index is -0.0410. The van der Waals surface area contributed by atoms with E-state index in [-0.39, 0.29) is 24.3 Å². The van der Waals surface area contributed by atoms with Gasteiger partial charge in [0.25, 0.3) is 5.91 Å². The summed E-state index contributed by atoms with van der Waals surface area (Å²) in [6, 6.07) is 17.5. The number of benzene rings is 2. The molecule has 1 aliphatic heterocycles. The normalized spacial score (nSPS) is 15.7. The fourth-order valence-electron chi connectivity index (χ4n) is 3.37. The van der Waals surface area contributed by atoms with Crippen LogP contribution < -0.4 is 10.2 Å². The van der Waals surface area contributed by atoms with Gasteiger partial charge in [0.05, 0.1) is 6.61 Å². The Bertz CT molecular complexity index is 772. The number of carbonyl (C=O) groups is 2. The first-order chi connectivity index (χ1) is 13.0. The molecule has 142 valence electrons. The lowest BCUT2D eigenvalue weighted by molar-refractivity contribution is -0.125. The smallest absolute Gasteiger partial charge is 0.253 e. The number of hydrogen-bond donors (Lipinski definition) is 1. The molecule has 1 aliphatic rings. The molecule has 0 aliphatic carbocycles. The van der Waals surface area contributed by atoms with Gasteiger partial charge in [0, 0.05) is 24.3 Å². The van der Waals surface area contributed by atoms with Crippen LogP contribution in [0.5, 0.6) is 0 Å². The summed E-state index contributed by atoms with van der Waals surface area (Å²) in [6.45, 7) is 5.49. The quantitative estimate of drug-likeness (QED) is 0.845. The number of ether oxygens (including phenoxy) is 1. The van der Waals surface area contributed by atoms with Gasteiger partial charge in [-0.25, -0.2) is 0 Å². The van der Waals surface area contributed by atoms with E-state index in [1.807, 2.05) is 42.5 Å². The van der Waals surface area contributed by atoms with E-state index < -0.39 is 0 Å². The Hall–Kier alpha value is -2.66. The molecule has 1 fully saturated rings. The summed E-state index contributed by atoms with van der Waals surface area (Å²) in [5, 5.41) is 2.97. The molecule has 1 atom stereocenters. The molecule has 1 unspecified atom stereocenters. The van der Waals surface area contributed by atoms with Gasteiger partial charge in [0.1, 0.15) is 6.61 Å². The molecule has 1 saturated heterocycles. The summed E-state index contributed by atoms with van der Waals surface area (Å²) in [6.07, 6.45) is 0.436. The summed E-state index contributed by atoms with van der Waals surface area (Å²) in [5.74, 6) is 0.498. The van der Waals surface area contributed by atoms with E-state index in [0.29, 0.717) is 25.5 Å². The van der Waals surface area contributed by atoms with Crippen molar-refractivity contribution in [1.29, 1.82) is 0 Å². The van der Waals surface area contributed by atoms with Crippen molar-refractivity contribution in [3.8, 4) is 0 Å². The second-order valence-electron chi connectivity index (χ2n) is 7.16. The topological polar surface area (TPSA) is 58.6 Å². The lowest BCUT2D eigenvalue weighted by atomic mass is 9.85. The number of morpholine rings is 1. The highest BCUT2D eigenvalue weighted by atomic mass is 16.5. The van der Waals surface area contributed by atoms with Crippen molar-refractivity contribution in [2.24, 2.45) is 5.92 Å². The first kappa shape index (κ1) is 19.1. The molecule has 0 bridgehead atoms. The minimum Gasteiger partial charge on any atom is -0.370 e. The molecule has 1 N–H and O–H groups in total. The highest BCUT2D eigenvalue weighted by Crippen LogP contribution is 2.28. The van der Waals surface area contributed by atoms with Gasteiger partial charge in [-0.05, 0) is 41.7 Å². The van der Waals surface area contributed by atoms with E-state index in [1.54, 1.807) is 4.90 Å². The van der Waals surface area contributed by atoms with Gasteiger partial charge in [-0.3, -0.25) is 9.59 Å². The summed E-state index contributed by atoms with van der Waals surface area (Å²) in [5.41, 5.74) is 2.74. The van der Waals surface area contributed by atoms with E-state index in [4.69, 9.17) is 4.74 Å². The maximum Gasteiger partial charge on any atom is 0.253 e. The largest absolute Gasteiger partial charge is 0.370 e. The fraction of sp³-hybridized carbons (Fsp3) is 0.364. The number of nitrogens with zero attached hydrogens (tertiary/aromatic N) is 1. The first-order valence-electron chi connectivity index (χ1n) is 9.37. The number of nitrogens with one attached hydrogen (secondary N) is 1. The van der Waals surface area contributed by atoms with Crippen LogP contribution in [0.1, 0.15) is 31.7 Å². The van der Waals surface area contributed by atoms with Gasteiger partial charge in [-0.1, -0.05) is 44.2 Å². The first-order valence-corrected chi connectivity index (χ1v) is 9.37. The van der Waals surface area contributed by atoms with Crippen molar-refractivity contribution in [3.05, 3.63) is 60.2 Å². The Balaban J connectivity index is 1.62. The molecule has 0 spiro atoms. The van der Waals surface area contributed by atoms with Crippen molar-refractivity contribution >= 4 is 23.2 Å². The Morgan fingerprint density at radius 2 is 1.81 bits per heavy atom. The zero-order valence-corrected chi connectivity index (χ0v) is 15.9. The van der Waals surface area contributed by atoms with Gasteiger partial charge >= 0.3 is 0 Å². The fourth-order valence-corrected chi connectivity index (χ4v) is 3.37. The zero-order valence-electron chi connectivity index (χ0n) is 15.9. The van der Waals surface area contributed by atoms with Crippen LogP contribution in [0.25, 0.3) is 0 Å². The standard InChI is InChI=1S/C22H26N2O3/c1-16(2)20(17-6-4-3-5-7-17)14-21(25)23-18-8-10-19(11-9-18)24-12-13-27-15-22(24)26/h3-11,16,20H,12-15H2,1-2H3,(H,23,25). The summed E-state index contributed by atoms with van der Waals surface area (Å²) < 4.78 is 5.15. The van der Waals surface area contributed by atoms with Crippen molar-refractivity contribution < 1.29 is 14.3 Å². The highest BCUT2D eigenvalue weighted by Gasteiger charge is 2.21. The van der Waals surface area contributed by atoms with Crippen LogP contribution in [-0.2, 0) is 14.3 Å². The van der Waals surface area contributed by atoms with Crippen LogP contribution in [0.3, 0.4) is 0 Å². The van der Waals surface area contributed by atoms with Crippen LogP contribution in [0, 0.1) is 5.92 Å². The van der Waals surface area contributed by atoms with Gasteiger partial charge in [-0.15, -0.1) is 0 Å². The molecule has 0 saturated carbocycles. The molecule has 0 aromatic heterocycles. The molecular formula is C22H26N2O3. The van der Waals surface area contributed by atoms with Gasteiger partial charge in [0.15, 0.2) is 0 Å². The Labute approximate surface area is 160 Å². The third kappa shape index (κ3) is 4.95. The maximum absolute atomic E-state index is 12.5. The van der Waals surface area contributed by atoms with Gasteiger partial charge in [0.2, 0.25) is 5.91 Å². The van der Waals surface area contributed by atoms with E-state index in [1.165, 1.54) is 5.56 Å². The average molecular weight is 366 g/mol. The average Bonchev–Trinajstić information content (AvgIpc) is 2.68. The third-order valence-electron chi connectivity index (χ3n) is 4.89. The second-order valence-corrected chi connectivity index (χ2v) is 7.16.